The van der Waals surface area contributed by atoms with Crippen LogP contribution in [0.3, 0.4) is 0 Å². The summed E-state index contributed by atoms with van der Waals surface area (Å²) in [7, 11) is 1.68. The quantitative estimate of drug-likeness (QED) is 0.649. The molecule has 1 fully saturated rings. The zero-order chi connectivity index (χ0) is 15.9. The number of piperidine rings is 1. The Labute approximate surface area is 128 Å². The largest absolute Gasteiger partial charge is 0.396 e. The standard InChI is InChI=1S/C15H31N3O3/c1-15(2,11-21-3)7-13(16)8-17-14(20)18-6-4-5-12(9-18)10-19/h12-13,19H,4-11,16H2,1-3H3,(H,17,20)/t12-,13+/m1/s1. The maximum absolute atomic E-state index is 12.1. The predicted octanol–water partition coefficient (Wildman–Crippen LogP) is 0.790. The van der Waals surface area contributed by atoms with E-state index in [0.717, 1.165) is 25.8 Å². The Kier molecular flexibility index (Phi) is 7.42. The third kappa shape index (κ3) is 6.63. The van der Waals surface area contributed by atoms with Crippen molar-refractivity contribution in [3.63, 3.8) is 0 Å². The van der Waals surface area contributed by atoms with Gasteiger partial charge in [0.15, 0.2) is 0 Å². The molecule has 0 aromatic carbocycles. The van der Waals surface area contributed by atoms with E-state index in [-0.39, 0.29) is 30.0 Å². The summed E-state index contributed by atoms with van der Waals surface area (Å²) in [5.74, 6) is 0.207. The van der Waals surface area contributed by atoms with Crippen molar-refractivity contribution in [1.29, 1.82) is 0 Å². The Morgan fingerprint density at radius 3 is 2.90 bits per heavy atom. The van der Waals surface area contributed by atoms with Gasteiger partial charge in [-0.05, 0) is 30.6 Å². The highest BCUT2D eigenvalue weighted by atomic mass is 16.5. The number of hydrogen-bond donors (Lipinski definition) is 3. The van der Waals surface area contributed by atoms with Gasteiger partial charge in [-0.15, -0.1) is 0 Å². The van der Waals surface area contributed by atoms with Gasteiger partial charge in [0, 0.05) is 39.4 Å². The molecular weight excluding hydrogens is 270 g/mol. The van der Waals surface area contributed by atoms with Crippen molar-refractivity contribution in [3.05, 3.63) is 0 Å². The molecule has 1 aliphatic heterocycles. The predicted molar refractivity (Wildman–Crippen MR) is 83.0 cm³/mol. The second kappa shape index (κ2) is 8.56. The van der Waals surface area contributed by atoms with E-state index in [9.17, 15) is 9.90 Å². The Balaban J connectivity index is 2.32. The molecule has 6 heteroatoms. The molecule has 6 nitrogen and oxygen atoms in total. The first-order chi connectivity index (χ1) is 9.88. The van der Waals surface area contributed by atoms with Crippen LogP contribution in [0.2, 0.25) is 0 Å². The Bertz CT molecular complexity index is 323. The number of carbonyl (C=O) groups excluding carboxylic acids is 1. The van der Waals surface area contributed by atoms with E-state index in [1.807, 2.05) is 0 Å². The smallest absolute Gasteiger partial charge is 0.317 e. The molecular formula is C15H31N3O3. The van der Waals surface area contributed by atoms with Gasteiger partial charge in [-0.25, -0.2) is 4.79 Å². The highest BCUT2D eigenvalue weighted by Crippen LogP contribution is 2.21. The minimum absolute atomic E-state index is 0.00595. The molecule has 124 valence electrons. The molecule has 4 N–H and O–H groups in total. The van der Waals surface area contributed by atoms with Crippen LogP contribution in [0.5, 0.6) is 0 Å². The third-order valence-electron chi connectivity index (χ3n) is 3.93. The van der Waals surface area contributed by atoms with Crippen LogP contribution in [0.1, 0.15) is 33.1 Å². The summed E-state index contributed by atoms with van der Waals surface area (Å²) in [6, 6.07) is -0.161. The SMILES string of the molecule is COCC(C)(C)C[C@H](N)CNC(=O)N1CCC[C@@H](CO)C1. The summed E-state index contributed by atoms with van der Waals surface area (Å²) in [5.41, 5.74) is 6.10. The fourth-order valence-corrected chi connectivity index (χ4v) is 2.96. The average Bonchev–Trinajstić information content (AvgIpc) is 2.44. The Morgan fingerprint density at radius 1 is 1.57 bits per heavy atom. The lowest BCUT2D eigenvalue weighted by molar-refractivity contribution is 0.0926. The van der Waals surface area contributed by atoms with E-state index in [1.54, 1.807) is 12.0 Å². The Hall–Kier alpha value is -0.850. The molecule has 0 radical (unpaired) electrons. The minimum atomic E-state index is -0.0856. The Morgan fingerprint density at radius 2 is 2.29 bits per heavy atom. The van der Waals surface area contributed by atoms with Crippen molar-refractivity contribution in [2.45, 2.75) is 39.2 Å². The van der Waals surface area contributed by atoms with E-state index in [4.69, 9.17) is 10.5 Å². The summed E-state index contributed by atoms with van der Waals surface area (Å²) < 4.78 is 5.18. The van der Waals surface area contributed by atoms with Crippen molar-refractivity contribution in [2.24, 2.45) is 17.1 Å². The van der Waals surface area contributed by atoms with Gasteiger partial charge in [-0.1, -0.05) is 13.8 Å². The lowest BCUT2D eigenvalue weighted by Crippen LogP contribution is -2.49. The molecule has 0 saturated carbocycles. The molecule has 1 saturated heterocycles. The molecule has 0 spiro atoms. The fourth-order valence-electron chi connectivity index (χ4n) is 2.96. The molecule has 0 unspecified atom stereocenters. The molecule has 0 aromatic heterocycles. The second-order valence-electron chi connectivity index (χ2n) is 6.88. The van der Waals surface area contributed by atoms with E-state index in [1.165, 1.54) is 0 Å². The minimum Gasteiger partial charge on any atom is -0.396 e. The number of hydrogen-bond acceptors (Lipinski definition) is 4. The molecule has 2 amide bonds. The van der Waals surface area contributed by atoms with Gasteiger partial charge in [-0.2, -0.15) is 0 Å². The highest BCUT2D eigenvalue weighted by Gasteiger charge is 2.25. The monoisotopic (exact) mass is 301 g/mol. The van der Waals surface area contributed by atoms with Gasteiger partial charge < -0.3 is 25.8 Å². The summed E-state index contributed by atoms with van der Waals surface area (Å²) >= 11 is 0. The number of likely N-dealkylation sites (tertiary alicyclic amines) is 1. The number of rotatable bonds is 7. The van der Waals surface area contributed by atoms with Gasteiger partial charge in [0.05, 0.1) is 6.61 Å². The second-order valence-corrected chi connectivity index (χ2v) is 6.88. The summed E-state index contributed by atoms with van der Waals surface area (Å²) in [6.45, 7) is 6.86. The van der Waals surface area contributed by atoms with Crippen molar-refractivity contribution in [2.75, 3.05) is 40.0 Å². The van der Waals surface area contributed by atoms with Gasteiger partial charge in [0.25, 0.3) is 0 Å². The molecule has 0 bridgehead atoms. The van der Waals surface area contributed by atoms with E-state index in [2.05, 4.69) is 19.2 Å². The zero-order valence-corrected chi connectivity index (χ0v) is 13.6. The van der Waals surface area contributed by atoms with Crippen molar-refractivity contribution < 1.29 is 14.6 Å². The van der Waals surface area contributed by atoms with Crippen LogP contribution in [-0.2, 0) is 4.74 Å². The normalized spacial score (nSPS) is 21.2. The van der Waals surface area contributed by atoms with Crippen LogP contribution >= 0.6 is 0 Å². The van der Waals surface area contributed by atoms with Gasteiger partial charge >= 0.3 is 6.03 Å². The number of urea groups is 1. The molecule has 2 atom stereocenters. The first kappa shape index (κ1) is 18.2. The molecule has 1 aliphatic rings. The molecule has 0 aliphatic carbocycles. The van der Waals surface area contributed by atoms with Gasteiger partial charge in [0.1, 0.15) is 0 Å². The average molecular weight is 301 g/mol. The summed E-state index contributed by atoms with van der Waals surface area (Å²) in [5, 5.41) is 12.1. The molecule has 1 rings (SSSR count). The first-order valence-electron chi connectivity index (χ1n) is 7.76. The first-order valence-corrected chi connectivity index (χ1v) is 7.76. The van der Waals surface area contributed by atoms with E-state index >= 15 is 0 Å². The van der Waals surface area contributed by atoms with Crippen LogP contribution in [0.4, 0.5) is 4.79 Å². The number of nitrogens with zero attached hydrogens (tertiary/aromatic N) is 1. The van der Waals surface area contributed by atoms with Crippen molar-refractivity contribution in [1.82, 2.24) is 10.2 Å². The topological polar surface area (TPSA) is 87.8 Å². The number of ether oxygens (including phenoxy) is 1. The number of aliphatic hydroxyl groups is 1. The maximum atomic E-state index is 12.1. The summed E-state index contributed by atoms with van der Waals surface area (Å²) in [6.07, 6.45) is 2.73. The van der Waals surface area contributed by atoms with Crippen molar-refractivity contribution >= 4 is 6.03 Å². The zero-order valence-electron chi connectivity index (χ0n) is 13.6. The number of nitrogens with two attached hydrogens (primary N) is 1. The van der Waals surface area contributed by atoms with Crippen LogP contribution < -0.4 is 11.1 Å². The number of nitrogens with one attached hydrogen (secondary N) is 1. The molecule has 1 heterocycles. The fraction of sp³-hybridized carbons (Fsp3) is 0.933. The van der Waals surface area contributed by atoms with Crippen LogP contribution in [0, 0.1) is 11.3 Å². The number of amides is 2. The molecule has 21 heavy (non-hydrogen) atoms. The molecule has 0 aromatic rings. The van der Waals surface area contributed by atoms with Crippen LogP contribution in [0.25, 0.3) is 0 Å². The number of aliphatic hydroxyl groups excluding tert-OH is 1. The van der Waals surface area contributed by atoms with E-state index < -0.39 is 0 Å². The van der Waals surface area contributed by atoms with Gasteiger partial charge in [-0.3, -0.25) is 0 Å². The maximum Gasteiger partial charge on any atom is 0.317 e. The number of carbonyl (C=O) groups is 1. The lowest BCUT2D eigenvalue weighted by Gasteiger charge is -2.32. The van der Waals surface area contributed by atoms with Gasteiger partial charge in [0.2, 0.25) is 0 Å². The van der Waals surface area contributed by atoms with Crippen LogP contribution in [-0.4, -0.2) is 62.0 Å². The summed E-state index contributed by atoms with van der Waals surface area (Å²) in [4.78, 5) is 13.9. The third-order valence-corrected chi connectivity index (χ3v) is 3.93. The van der Waals surface area contributed by atoms with E-state index in [0.29, 0.717) is 19.7 Å². The van der Waals surface area contributed by atoms with Crippen LogP contribution in [0.15, 0.2) is 0 Å². The van der Waals surface area contributed by atoms with Crippen molar-refractivity contribution in [3.8, 4) is 0 Å². The number of methoxy groups -OCH3 is 1. The highest BCUT2D eigenvalue weighted by molar-refractivity contribution is 5.74. The lowest BCUT2D eigenvalue weighted by atomic mass is 9.87.